The first-order valence-corrected chi connectivity index (χ1v) is 7.91. The van der Waals surface area contributed by atoms with Gasteiger partial charge < -0.3 is 9.64 Å². The van der Waals surface area contributed by atoms with Gasteiger partial charge in [-0.3, -0.25) is 19.7 Å². The molecule has 0 unspecified atom stereocenters. The van der Waals surface area contributed by atoms with E-state index in [9.17, 15) is 19.7 Å². The summed E-state index contributed by atoms with van der Waals surface area (Å²) >= 11 is 0. The molecule has 0 saturated carbocycles. The van der Waals surface area contributed by atoms with Crippen LogP contribution in [0.25, 0.3) is 6.08 Å². The van der Waals surface area contributed by atoms with E-state index in [1.54, 1.807) is 11.0 Å². The summed E-state index contributed by atoms with van der Waals surface area (Å²) in [5.41, 5.74) is 0.425. The van der Waals surface area contributed by atoms with Crippen molar-refractivity contribution in [1.29, 1.82) is 0 Å². The number of hydrogen-bond acceptors (Lipinski definition) is 5. The molecule has 128 valence electrons. The van der Waals surface area contributed by atoms with Gasteiger partial charge in [0.15, 0.2) is 5.75 Å². The van der Waals surface area contributed by atoms with Gasteiger partial charge in [0.2, 0.25) is 5.91 Å². The highest BCUT2D eigenvalue weighted by molar-refractivity contribution is 5.93. The molecule has 0 radical (unpaired) electrons. The lowest BCUT2D eigenvalue weighted by Gasteiger charge is -2.24. The van der Waals surface area contributed by atoms with Crippen molar-refractivity contribution in [3.63, 3.8) is 0 Å². The maximum Gasteiger partial charge on any atom is 0.311 e. The number of likely N-dealkylation sites (tertiary alicyclic amines) is 1. The number of nitro groups is 1. The Bertz CT molecular complexity index is 659. The Morgan fingerprint density at radius 3 is 2.71 bits per heavy atom. The number of benzene rings is 1. The average Bonchev–Trinajstić information content (AvgIpc) is 2.58. The fraction of sp³-hybridized carbons (Fsp3) is 0.412. The minimum atomic E-state index is -0.500. The quantitative estimate of drug-likeness (QED) is 0.454. The number of Topliss-reactive ketones (excluding diaryl/α,β-unsaturated/α-hetero) is 1. The third-order valence-corrected chi connectivity index (χ3v) is 3.69. The zero-order chi connectivity index (χ0) is 17.5. The molecule has 0 aliphatic carbocycles. The third kappa shape index (κ3) is 4.65. The van der Waals surface area contributed by atoms with Crippen LogP contribution in [0, 0.1) is 10.1 Å². The lowest BCUT2D eigenvalue weighted by Crippen LogP contribution is -2.37. The van der Waals surface area contributed by atoms with Crippen LogP contribution < -0.4 is 4.74 Å². The first-order valence-electron chi connectivity index (χ1n) is 7.91. The normalized spacial score (nSPS) is 14.9. The van der Waals surface area contributed by atoms with Crippen LogP contribution in [0.5, 0.6) is 5.75 Å². The van der Waals surface area contributed by atoms with E-state index >= 15 is 0 Å². The van der Waals surface area contributed by atoms with Crippen molar-refractivity contribution in [1.82, 2.24) is 4.90 Å². The predicted octanol–water partition coefficient (Wildman–Crippen LogP) is 2.59. The third-order valence-electron chi connectivity index (χ3n) is 3.69. The van der Waals surface area contributed by atoms with Crippen molar-refractivity contribution in [2.45, 2.75) is 26.2 Å². The van der Waals surface area contributed by atoms with Crippen LogP contribution >= 0.6 is 0 Å². The molecule has 1 fully saturated rings. The van der Waals surface area contributed by atoms with Gasteiger partial charge in [0.1, 0.15) is 5.78 Å². The number of nitro benzene ring substituents is 1. The monoisotopic (exact) mass is 332 g/mol. The Labute approximate surface area is 140 Å². The molecule has 1 aliphatic heterocycles. The summed E-state index contributed by atoms with van der Waals surface area (Å²) in [7, 11) is 0. The topological polar surface area (TPSA) is 89.8 Å². The van der Waals surface area contributed by atoms with Gasteiger partial charge >= 0.3 is 5.69 Å². The molecule has 1 saturated heterocycles. The van der Waals surface area contributed by atoms with E-state index < -0.39 is 4.92 Å². The van der Waals surface area contributed by atoms with E-state index in [4.69, 9.17) is 4.74 Å². The summed E-state index contributed by atoms with van der Waals surface area (Å²) in [6.45, 7) is 3.17. The first kappa shape index (κ1) is 17.7. The van der Waals surface area contributed by atoms with Gasteiger partial charge in [0, 0.05) is 38.1 Å². The molecule has 0 atom stereocenters. The Balaban J connectivity index is 2.08. The zero-order valence-electron chi connectivity index (χ0n) is 13.6. The molecule has 7 nitrogen and oxygen atoms in total. The maximum atomic E-state index is 12.1. The molecule has 1 aromatic rings. The van der Waals surface area contributed by atoms with E-state index in [1.165, 1.54) is 24.3 Å². The van der Waals surface area contributed by atoms with Crippen LogP contribution in [0.2, 0.25) is 0 Å². The van der Waals surface area contributed by atoms with E-state index in [2.05, 4.69) is 0 Å². The van der Waals surface area contributed by atoms with Crippen LogP contribution in [-0.2, 0) is 9.59 Å². The van der Waals surface area contributed by atoms with E-state index in [-0.39, 0.29) is 23.1 Å². The van der Waals surface area contributed by atoms with Crippen molar-refractivity contribution in [2.75, 3.05) is 19.7 Å². The zero-order valence-corrected chi connectivity index (χ0v) is 13.6. The molecule has 7 heteroatoms. The minimum absolute atomic E-state index is 0.124. The van der Waals surface area contributed by atoms with Crippen LogP contribution in [0.15, 0.2) is 24.3 Å². The molecule has 2 rings (SSSR count). The maximum absolute atomic E-state index is 12.1. The van der Waals surface area contributed by atoms with Crippen LogP contribution in [-0.4, -0.2) is 41.2 Å². The van der Waals surface area contributed by atoms with E-state index in [0.717, 1.165) is 6.42 Å². The van der Waals surface area contributed by atoms with Gasteiger partial charge in [-0.25, -0.2) is 0 Å². The minimum Gasteiger partial charge on any atom is -0.487 e. The molecule has 1 aromatic carbocycles. The van der Waals surface area contributed by atoms with Crippen LogP contribution in [0.1, 0.15) is 31.7 Å². The molecule has 0 N–H and O–H groups in total. The van der Waals surface area contributed by atoms with Gasteiger partial charge in [-0.2, -0.15) is 0 Å². The Hall–Kier alpha value is -2.70. The van der Waals surface area contributed by atoms with Gasteiger partial charge in [-0.05, 0) is 24.1 Å². The van der Waals surface area contributed by atoms with Crippen molar-refractivity contribution in [3.8, 4) is 5.75 Å². The number of carbonyl (C=O) groups excluding carboxylic acids is 2. The summed E-state index contributed by atoms with van der Waals surface area (Å²) < 4.78 is 5.36. The highest BCUT2D eigenvalue weighted by Gasteiger charge is 2.19. The van der Waals surface area contributed by atoms with Gasteiger partial charge in [-0.1, -0.05) is 13.0 Å². The summed E-state index contributed by atoms with van der Waals surface area (Å²) in [5, 5.41) is 11.1. The number of rotatable bonds is 6. The summed E-state index contributed by atoms with van der Waals surface area (Å²) in [5.74, 6) is 0.192. The van der Waals surface area contributed by atoms with Crippen LogP contribution in [0.3, 0.4) is 0 Å². The average molecular weight is 332 g/mol. The molecule has 1 amide bonds. The van der Waals surface area contributed by atoms with E-state index in [0.29, 0.717) is 38.1 Å². The number of carbonyl (C=O) groups is 2. The second kappa shape index (κ2) is 8.24. The van der Waals surface area contributed by atoms with Gasteiger partial charge in [0.05, 0.1) is 11.5 Å². The molecule has 0 spiro atoms. The summed E-state index contributed by atoms with van der Waals surface area (Å²) in [6.07, 6.45) is 4.44. The molecule has 1 heterocycles. The number of amides is 1. The molecule has 1 aliphatic rings. The Morgan fingerprint density at radius 2 is 2.08 bits per heavy atom. The lowest BCUT2D eigenvalue weighted by molar-refractivity contribution is -0.385. The SMILES string of the molecule is CCCOc1ccc(/C=C/C(=O)N2CCC(=O)CC2)cc1[N+](=O)[O-]. The molecule has 0 bridgehead atoms. The lowest BCUT2D eigenvalue weighted by atomic mass is 10.1. The van der Waals surface area contributed by atoms with Crippen molar-refractivity contribution in [3.05, 3.63) is 40.0 Å². The fourth-order valence-electron chi connectivity index (χ4n) is 2.36. The predicted molar refractivity (Wildman–Crippen MR) is 88.7 cm³/mol. The largest absolute Gasteiger partial charge is 0.487 e. The standard InChI is InChI=1S/C17H20N2O5/c1-2-11-24-16-5-3-13(12-15(16)19(22)23)4-6-17(21)18-9-7-14(20)8-10-18/h3-6,12H,2,7-11H2,1H3/b6-4+. The highest BCUT2D eigenvalue weighted by Crippen LogP contribution is 2.28. The van der Waals surface area contributed by atoms with Gasteiger partial charge in [0.25, 0.3) is 0 Å². The second-order valence-corrected chi connectivity index (χ2v) is 5.53. The Morgan fingerprint density at radius 1 is 1.38 bits per heavy atom. The smallest absolute Gasteiger partial charge is 0.311 e. The Kier molecular flexibility index (Phi) is 6.06. The molecular weight excluding hydrogens is 312 g/mol. The number of hydrogen-bond donors (Lipinski definition) is 0. The number of ketones is 1. The fourth-order valence-corrected chi connectivity index (χ4v) is 2.36. The second-order valence-electron chi connectivity index (χ2n) is 5.53. The van der Waals surface area contributed by atoms with Crippen molar-refractivity contribution in [2.24, 2.45) is 0 Å². The highest BCUT2D eigenvalue weighted by atomic mass is 16.6. The number of nitrogens with zero attached hydrogens (tertiary/aromatic N) is 2. The molecular formula is C17H20N2O5. The van der Waals surface area contributed by atoms with Crippen molar-refractivity contribution >= 4 is 23.5 Å². The number of ether oxygens (including phenoxy) is 1. The summed E-state index contributed by atoms with van der Waals surface area (Å²) in [6, 6.07) is 4.59. The van der Waals surface area contributed by atoms with Crippen molar-refractivity contribution < 1.29 is 19.2 Å². The van der Waals surface area contributed by atoms with Crippen LogP contribution in [0.4, 0.5) is 5.69 Å². The molecule has 0 aromatic heterocycles. The van der Waals surface area contributed by atoms with Gasteiger partial charge in [-0.15, -0.1) is 0 Å². The first-order chi connectivity index (χ1) is 11.5. The number of piperidine rings is 1. The molecule has 24 heavy (non-hydrogen) atoms. The van der Waals surface area contributed by atoms with E-state index in [1.807, 2.05) is 6.92 Å². The summed E-state index contributed by atoms with van der Waals surface area (Å²) in [4.78, 5) is 35.5.